The number of amides is 3. The largest absolute Gasteiger partial charge is 0.380 e. The number of rotatable bonds is 6. The molecule has 0 spiro atoms. The van der Waals surface area contributed by atoms with Crippen molar-refractivity contribution in [3.05, 3.63) is 51.7 Å². The van der Waals surface area contributed by atoms with E-state index in [4.69, 9.17) is 21.1 Å². The number of hydrogen-bond acceptors (Lipinski definition) is 6. The van der Waals surface area contributed by atoms with E-state index in [1.165, 1.54) is 22.3 Å². The van der Waals surface area contributed by atoms with Crippen LogP contribution in [0.15, 0.2) is 42.5 Å². The molecule has 0 aliphatic carbocycles. The van der Waals surface area contributed by atoms with Crippen LogP contribution in [0.5, 0.6) is 0 Å². The van der Waals surface area contributed by atoms with Crippen LogP contribution in [0.4, 0.5) is 11.4 Å². The number of nitrogens with zero attached hydrogens (tertiary/aromatic N) is 2. The molecule has 10 heteroatoms. The molecule has 2 aliphatic rings. The second kappa shape index (κ2) is 10.5. The Morgan fingerprint density at radius 2 is 2.03 bits per heavy atom. The smallest absolute Gasteiger partial charge is 0.253 e. The van der Waals surface area contributed by atoms with Gasteiger partial charge in [0.25, 0.3) is 5.91 Å². The quantitative estimate of drug-likeness (QED) is 0.630. The van der Waals surface area contributed by atoms with Crippen molar-refractivity contribution in [2.45, 2.75) is 18.6 Å². The highest BCUT2D eigenvalue weighted by Crippen LogP contribution is 2.25. The molecule has 0 saturated carbocycles. The zero-order chi connectivity index (χ0) is 23.4. The Morgan fingerprint density at radius 3 is 2.70 bits per heavy atom. The Kier molecular flexibility index (Phi) is 7.44. The van der Waals surface area contributed by atoms with Crippen LogP contribution < -0.4 is 10.2 Å². The summed E-state index contributed by atoms with van der Waals surface area (Å²) in [5.41, 5.74) is 1.33. The first kappa shape index (κ1) is 23.4. The van der Waals surface area contributed by atoms with Gasteiger partial charge in [0.1, 0.15) is 12.6 Å². The predicted octanol–water partition coefficient (Wildman–Crippen LogP) is 3.03. The number of halogens is 1. The molecule has 2 aliphatic heterocycles. The fraction of sp³-hybridized carbons (Fsp3) is 0.348. The van der Waals surface area contributed by atoms with Crippen molar-refractivity contribution in [3.63, 3.8) is 0 Å². The third kappa shape index (κ3) is 5.62. The Balaban J connectivity index is 1.42. The van der Waals surface area contributed by atoms with Gasteiger partial charge in [-0.25, -0.2) is 0 Å². The average molecular weight is 490 g/mol. The highest BCUT2D eigenvalue weighted by Gasteiger charge is 2.39. The third-order valence-corrected chi connectivity index (χ3v) is 6.79. The maximum Gasteiger partial charge on any atom is 0.253 e. The summed E-state index contributed by atoms with van der Waals surface area (Å²) in [6.45, 7) is 1.39. The van der Waals surface area contributed by atoms with Gasteiger partial charge < -0.3 is 24.6 Å². The molecule has 33 heavy (non-hydrogen) atoms. The Hall–Kier alpha value is -2.72. The van der Waals surface area contributed by atoms with Crippen molar-refractivity contribution in [2.24, 2.45) is 0 Å². The topological polar surface area (TPSA) is 88.2 Å². The number of methoxy groups -OCH3 is 1. The lowest BCUT2D eigenvalue weighted by Crippen LogP contribution is -2.42. The van der Waals surface area contributed by atoms with Gasteiger partial charge in [0, 0.05) is 48.9 Å². The summed E-state index contributed by atoms with van der Waals surface area (Å²) in [5, 5.41) is 2.88. The lowest BCUT2D eigenvalue weighted by Gasteiger charge is -2.27. The molecule has 1 aromatic heterocycles. The molecule has 3 heterocycles. The maximum atomic E-state index is 13.0. The molecular formula is C23H24ClN3O5S. The van der Waals surface area contributed by atoms with Crippen molar-refractivity contribution in [2.75, 3.05) is 43.6 Å². The van der Waals surface area contributed by atoms with Crippen LogP contribution in [0, 0.1) is 0 Å². The summed E-state index contributed by atoms with van der Waals surface area (Å²) in [5.74, 6) is -0.646. The predicted molar refractivity (Wildman–Crippen MR) is 128 cm³/mol. The van der Waals surface area contributed by atoms with E-state index in [1.54, 1.807) is 48.4 Å². The van der Waals surface area contributed by atoms with Gasteiger partial charge >= 0.3 is 0 Å². The molecule has 0 unspecified atom stereocenters. The molecule has 4 rings (SSSR count). The summed E-state index contributed by atoms with van der Waals surface area (Å²) in [4.78, 5) is 41.9. The van der Waals surface area contributed by atoms with Gasteiger partial charge in [-0.05, 0) is 42.5 Å². The number of thiophene rings is 1. The van der Waals surface area contributed by atoms with E-state index in [0.717, 1.165) is 10.6 Å². The van der Waals surface area contributed by atoms with Crippen molar-refractivity contribution in [1.82, 2.24) is 4.90 Å². The first-order valence-electron chi connectivity index (χ1n) is 10.5. The molecule has 8 nitrogen and oxygen atoms in total. The van der Waals surface area contributed by atoms with Crippen molar-refractivity contribution in [3.8, 4) is 0 Å². The first-order chi connectivity index (χ1) is 15.9. The van der Waals surface area contributed by atoms with E-state index in [-0.39, 0.29) is 30.4 Å². The van der Waals surface area contributed by atoms with E-state index in [9.17, 15) is 14.4 Å². The molecule has 3 amide bonds. The normalized spacial score (nSPS) is 21.1. The number of benzene rings is 1. The molecular weight excluding hydrogens is 466 g/mol. The van der Waals surface area contributed by atoms with Gasteiger partial charge in [-0.3, -0.25) is 14.4 Å². The zero-order valence-corrected chi connectivity index (χ0v) is 19.6. The summed E-state index contributed by atoms with van der Waals surface area (Å²) in [6, 6.07) is 9.99. The molecule has 2 aromatic rings. The van der Waals surface area contributed by atoms with E-state index in [2.05, 4.69) is 5.32 Å². The SMILES string of the molecule is CO[C@@H]1C[C@H](C(=O)Nc2ccc(N3CCOCC3=O)cc2)N(C(=O)C=Cc2ccc(Cl)s2)C1. The van der Waals surface area contributed by atoms with Crippen molar-refractivity contribution in [1.29, 1.82) is 0 Å². The lowest BCUT2D eigenvalue weighted by atomic mass is 10.1. The van der Waals surface area contributed by atoms with Crippen LogP contribution in [0.2, 0.25) is 4.34 Å². The fourth-order valence-corrected chi connectivity index (χ4v) is 4.83. The third-order valence-electron chi connectivity index (χ3n) is 5.60. The molecule has 174 valence electrons. The second-order valence-electron chi connectivity index (χ2n) is 7.71. The monoisotopic (exact) mass is 489 g/mol. The van der Waals surface area contributed by atoms with Crippen LogP contribution >= 0.6 is 22.9 Å². The van der Waals surface area contributed by atoms with Crippen LogP contribution in [0.3, 0.4) is 0 Å². The molecule has 2 saturated heterocycles. The highest BCUT2D eigenvalue weighted by atomic mass is 35.5. The molecule has 1 aromatic carbocycles. The number of ether oxygens (including phenoxy) is 2. The minimum atomic E-state index is -0.653. The van der Waals surface area contributed by atoms with E-state index < -0.39 is 6.04 Å². The second-order valence-corrected chi connectivity index (χ2v) is 9.46. The van der Waals surface area contributed by atoms with Crippen molar-refractivity contribution < 1.29 is 23.9 Å². The number of carbonyl (C=O) groups is 3. The molecule has 0 radical (unpaired) electrons. The molecule has 2 fully saturated rings. The Morgan fingerprint density at radius 1 is 1.24 bits per heavy atom. The number of carbonyl (C=O) groups excluding carboxylic acids is 3. The maximum absolute atomic E-state index is 13.0. The standard InChI is InChI=1S/C23H24ClN3O5S/c1-31-17-12-19(27(13-17)21(28)9-7-18-6-8-20(24)33-18)23(30)25-15-2-4-16(5-3-15)26-10-11-32-14-22(26)29/h2-9,17,19H,10-14H2,1H3,(H,25,30)/t17-,19-/m1/s1. The fourth-order valence-electron chi connectivity index (χ4n) is 3.87. The van der Waals surface area contributed by atoms with Gasteiger partial charge in [-0.1, -0.05) is 11.6 Å². The van der Waals surface area contributed by atoms with Gasteiger partial charge in [-0.2, -0.15) is 0 Å². The number of nitrogens with one attached hydrogen (secondary N) is 1. The summed E-state index contributed by atoms with van der Waals surface area (Å²) < 4.78 is 11.2. The van der Waals surface area contributed by atoms with Gasteiger partial charge in [0.2, 0.25) is 11.8 Å². The number of likely N-dealkylation sites (tertiary alicyclic amines) is 1. The van der Waals surface area contributed by atoms with E-state index in [0.29, 0.717) is 36.1 Å². The van der Waals surface area contributed by atoms with E-state index in [1.807, 2.05) is 6.07 Å². The number of morpholine rings is 1. The minimum Gasteiger partial charge on any atom is -0.380 e. The van der Waals surface area contributed by atoms with Crippen LogP contribution in [0.25, 0.3) is 6.08 Å². The minimum absolute atomic E-state index is 0.0681. The molecule has 1 N–H and O–H groups in total. The van der Waals surface area contributed by atoms with Gasteiger partial charge in [0.05, 0.1) is 17.0 Å². The average Bonchev–Trinajstić information content (AvgIpc) is 3.45. The van der Waals surface area contributed by atoms with Crippen molar-refractivity contribution >= 4 is 58.1 Å². The Bertz CT molecular complexity index is 1050. The lowest BCUT2D eigenvalue weighted by molar-refractivity contribution is -0.132. The van der Waals surface area contributed by atoms with Gasteiger partial charge in [0.15, 0.2) is 0 Å². The van der Waals surface area contributed by atoms with E-state index >= 15 is 0 Å². The molecule has 0 bridgehead atoms. The summed E-state index contributed by atoms with van der Waals surface area (Å²) >= 11 is 7.31. The van der Waals surface area contributed by atoms with Gasteiger partial charge in [-0.15, -0.1) is 11.3 Å². The number of hydrogen-bond donors (Lipinski definition) is 1. The Labute approximate surface area is 200 Å². The highest BCUT2D eigenvalue weighted by molar-refractivity contribution is 7.17. The van der Waals surface area contributed by atoms with Crippen LogP contribution in [0.1, 0.15) is 11.3 Å². The molecule has 2 atom stereocenters. The zero-order valence-electron chi connectivity index (χ0n) is 18.0. The summed E-state index contributed by atoms with van der Waals surface area (Å²) in [7, 11) is 1.57. The number of anilines is 2. The van der Waals surface area contributed by atoms with Crippen LogP contribution in [-0.4, -0.2) is 68.2 Å². The first-order valence-corrected chi connectivity index (χ1v) is 11.7. The summed E-state index contributed by atoms with van der Waals surface area (Å²) in [6.07, 6.45) is 3.34. The van der Waals surface area contributed by atoms with Crippen LogP contribution in [-0.2, 0) is 23.9 Å².